The number of alkyl halides is 3. The van der Waals surface area contributed by atoms with E-state index in [1.807, 2.05) is 20.8 Å². The second-order valence-electron chi connectivity index (χ2n) is 9.40. The lowest BCUT2D eigenvalue weighted by atomic mass is 9.92. The predicted octanol–water partition coefficient (Wildman–Crippen LogP) is 8.21. The van der Waals surface area contributed by atoms with Gasteiger partial charge in [-0.1, -0.05) is 68.8 Å². The van der Waals surface area contributed by atoms with Crippen LogP contribution in [0.1, 0.15) is 43.6 Å². The summed E-state index contributed by atoms with van der Waals surface area (Å²) in [4.78, 5) is 26.3. The van der Waals surface area contributed by atoms with Gasteiger partial charge in [0.1, 0.15) is 5.25 Å². The van der Waals surface area contributed by atoms with Gasteiger partial charge in [0.15, 0.2) is 0 Å². The van der Waals surface area contributed by atoms with Crippen LogP contribution in [0.2, 0.25) is 5.02 Å². The number of hydrogen-bond acceptors (Lipinski definition) is 3. The quantitative estimate of drug-likeness (QED) is 0.300. The molecule has 0 bridgehead atoms. The van der Waals surface area contributed by atoms with Gasteiger partial charge >= 0.3 is 6.18 Å². The molecule has 36 heavy (non-hydrogen) atoms. The van der Waals surface area contributed by atoms with Crippen molar-refractivity contribution < 1.29 is 22.8 Å². The number of amides is 2. The maximum absolute atomic E-state index is 13.6. The summed E-state index contributed by atoms with van der Waals surface area (Å²) < 4.78 is 40.7. The number of carbonyl (C=O) groups is 2. The molecule has 0 saturated carbocycles. The number of carbonyl (C=O) groups excluding carboxylic acids is 2. The third-order valence-corrected chi connectivity index (χ3v) is 6.43. The molecule has 0 radical (unpaired) electrons. The molecule has 2 amide bonds. The van der Waals surface area contributed by atoms with E-state index in [4.69, 9.17) is 11.6 Å². The maximum atomic E-state index is 13.6. The van der Waals surface area contributed by atoms with Gasteiger partial charge in [-0.2, -0.15) is 13.2 Å². The van der Waals surface area contributed by atoms with Gasteiger partial charge in [0, 0.05) is 22.0 Å². The normalized spacial score (nSPS) is 12.6. The number of rotatable bonds is 7. The highest BCUT2D eigenvalue weighted by molar-refractivity contribution is 8.00. The Kier molecular flexibility index (Phi) is 8.74. The number of anilines is 2. The van der Waals surface area contributed by atoms with Crippen LogP contribution in [0, 0.1) is 5.41 Å². The first kappa shape index (κ1) is 27.6. The molecule has 3 aromatic rings. The molecule has 9 heteroatoms. The van der Waals surface area contributed by atoms with Crippen LogP contribution in [0.3, 0.4) is 0 Å². The Labute approximate surface area is 217 Å². The van der Waals surface area contributed by atoms with E-state index in [2.05, 4.69) is 10.6 Å². The molecule has 3 aromatic carbocycles. The Morgan fingerprint density at radius 2 is 1.61 bits per heavy atom. The average molecular weight is 535 g/mol. The zero-order valence-corrected chi connectivity index (χ0v) is 21.5. The first-order chi connectivity index (χ1) is 16.8. The average Bonchev–Trinajstić information content (AvgIpc) is 2.77. The summed E-state index contributed by atoms with van der Waals surface area (Å²) in [6, 6.07) is 19.0. The molecular formula is C27H26ClF3N2O2S. The van der Waals surface area contributed by atoms with Gasteiger partial charge in [0.2, 0.25) is 11.8 Å². The predicted molar refractivity (Wildman–Crippen MR) is 139 cm³/mol. The minimum absolute atomic E-state index is 0.0837. The van der Waals surface area contributed by atoms with Gasteiger partial charge in [-0.15, -0.1) is 11.8 Å². The Balaban J connectivity index is 1.87. The van der Waals surface area contributed by atoms with Crippen molar-refractivity contribution in [3.63, 3.8) is 0 Å². The van der Waals surface area contributed by atoms with Crippen molar-refractivity contribution in [1.82, 2.24) is 0 Å². The molecular weight excluding hydrogens is 509 g/mol. The Hall–Kier alpha value is -2.97. The van der Waals surface area contributed by atoms with E-state index in [1.54, 1.807) is 54.6 Å². The molecule has 0 spiro atoms. The topological polar surface area (TPSA) is 58.2 Å². The summed E-state index contributed by atoms with van der Waals surface area (Å²) in [6.07, 6.45) is -4.36. The molecule has 0 saturated heterocycles. The van der Waals surface area contributed by atoms with Crippen LogP contribution in [0.25, 0.3) is 0 Å². The molecule has 0 fully saturated rings. The molecule has 0 heterocycles. The van der Waals surface area contributed by atoms with Crippen LogP contribution in [0.4, 0.5) is 24.5 Å². The van der Waals surface area contributed by atoms with Gasteiger partial charge in [0.25, 0.3) is 0 Å². The van der Waals surface area contributed by atoms with Crippen LogP contribution in [-0.4, -0.2) is 11.8 Å². The van der Waals surface area contributed by atoms with Crippen molar-refractivity contribution >= 4 is 46.6 Å². The van der Waals surface area contributed by atoms with Gasteiger partial charge < -0.3 is 10.6 Å². The molecule has 2 N–H and O–H groups in total. The minimum Gasteiger partial charge on any atom is -0.326 e. The summed E-state index contributed by atoms with van der Waals surface area (Å²) in [7, 11) is 0. The summed E-state index contributed by atoms with van der Waals surface area (Å²) in [5, 5.41) is 4.35. The Morgan fingerprint density at radius 1 is 0.917 bits per heavy atom. The van der Waals surface area contributed by atoms with E-state index in [0.717, 1.165) is 12.1 Å². The highest BCUT2D eigenvalue weighted by Crippen LogP contribution is 2.40. The van der Waals surface area contributed by atoms with E-state index >= 15 is 0 Å². The van der Waals surface area contributed by atoms with Crippen LogP contribution in [0.15, 0.2) is 77.7 Å². The number of thioether (sulfide) groups is 1. The van der Waals surface area contributed by atoms with Crippen molar-refractivity contribution in [3.8, 4) is 0 Å². The lowest BCUT2D eigenvalue weighted by Gasteiger charge is -2.20. The van der Waals surface area contributed by atoms with E-state index < -0.39 is 22.9 Å². The van der Waals surface area contributed by atoms with Crippen LogP contribution in [-0.2, 0) is 15.8 Å². The lowest BCUT2D eigenvalue weighted by Crippen LogP contribution is -2.21. The molecule has 1 atom stereocenters. The van der Waals surface area contributed by atoms with Gasteiger partial charge in [-0.25, -0.2) is 0 Å². The molecule has 0 aliphatic carbocycles. The van der Waals surface area contributed by atoms with Gasteiger partial charge in [-0.3, -0.25) is 9.59 Å². The van der Waals surface area contributed by atoms with Crippen LogP contribution >= 0.6 is 23.4 Å². The lowest BCUT2D eigenvalue weighted by molar-refractivity contribution is -0.137. The van der Waals surface area contributed by atoms with E-state index in [9.17, 15) is 22.8 Å². The molecule has 0 aliphatic rings. The fourth-order valence-corrected chi connectivity index (χ4v) is 4.68. The molecule has 3 rings (SSSR count). The van der Waals surface area contributed by atoms with E-state index in [-0.39, 0.29) is 22.0 Å². The van der Waals surface area contributed by atoms with E-state index in [1.165, 1.54) is 17.8 Å². The second kappa shape index (κ2) is 11.4. The monoisotopic (exact) mass is 534 g/mol. The van der Waals surface area contributed by atoms with Crippen molar-refractivity contribution in [3.05, 3.63) is 88.9 Å². The summed E-state index contributed by atoms with van der Waals surface area (Å²) in [5.41, 5.74) is -0.391. The van der Waals surface area contributed by atoms with Crippen molar-refractivity contribution in [1.29, 1.82) is 0 Å². The molecule has 190 valence electrons. The van der Waals surface area contributed by atoms with E-state index in [0.29, 0.717) is 22.6 Å². The van der Waals surface area contributed by atoms with Crippen molar-refractivity contribution in [2.75, 3.05) is 10.6 Å². The highest BCUT2D eigenvalue weighted by atomic mass is 35.5. The molecule has 0 aliphatic heterocycles. The Morgan fingerprint density at radius 3 is 2.25 bits per heavy atom. The zero-order chi connectivity index (χ0) is 26.5. The van der Waals surface area contributed by atoms with Crippen molar-refractivity contribution in [2.24, 2.45) is 5.41 Å². The largest absolute Gasteiger partial charge is 0.418 e. The number of nitrogens with one attached hydrogen (secondary N) is 2. The third-order valence-electron chi connectivity index (χ3n) is 4.95. The standard InChI is InChI=1S/C27H26ClF3N2O2S/c1-26(2,3)16-23(34)32-19-10-7-11-20(15-19)36-24(17-8-5-4-6-9-17)25(35)33-22-13-12-18(28)14-21(22)27(29,30)31/h4-15,24H,16H2,1-3H3,(H,32,34)(H,33,35). The molecule has 1 unspecified atom stereocenters. The highest BCUT2D eigenvalue weighted by Gasteiger charge is 2.35. The smallest absolute Gasteiger partial charge is 0.326 e. The maximum Gasteiger partial charge on any atom is 0.418 e. The van der Waals surface area contributed by atoms with Crippen molar-refractivity contribution in [2.45, 2.75) is 43.5 Å². The third kappa shape index (κ3) is 8.03. The SMILES string of the molecule is CC(C)(C)CC(=O)Nc1cccc(SC(C(=O)Nc2ccc(Cl)cc2C(F)(F)F)c2ccccc2)c1. The summed E-state index contributed by atoms with van der Waals surface area (Å²) >= 11 is 6.93. The molecule has 0 aromatic heterocycles. The fourth-order valence-electron chi connectivity index (χ4n) is 3.43. The molecule has 4 nitrogen and oxygen atoms in total. The summed E-state index contributed by atoms with van der Waals surface area (Å²) in [5.74, 6) is -0.759. The second-order valence-corrected chi connectivity index (χ2v) is 11.0. The zero-order valence-electron chi connectivity index (χ0n) is 19.9. The van der Waals surface area contributed by atoms with Gasteiger partial charge in [-0.05, 0) is 47.4 Å². The number of hydrogen-bond donors (Lipinski definition) is 2. The van der Waals surface area contributed by atoms with Crippen LogP contribution in [0.5, 0.6) is 0 Å². The number of benzene rings is 3. The first-order valence-corrected chi connectivity index (χ1v) is 12.4. The summed E-state index contributed by atoms with van der Waals surface area (Å²) in [6.45, 7) is 5.90. The fraction of sp³-hybridized carbons (Fsp3) is 0.259. The van der Waals surface area contributed by atoms with Crippen LogP contribution < -0.4 is 10.6 Å². The number of halogens is 4. The minimum atomic E-state index is -4.69. The van der Waals surface area contributed by atoms with Gasteiger partial charge in [0.05, 0.1) is 11.3 Å². The first-order valence-electron chi connectivity index (χ1n) is 11.1. The Bertz CT molecular complexity index is 1230.